The lowest BCUT2D eigenvalue weighted by atomic mass is 10.1. The maximum Gasteiger partial charge on any atom is 0.273 e. The van der Waals surface area contributed by atoms with Gasteiger partial charge in [-0.3, -0.25) is 9.59 Å². The summed E-state index contributed by atoms with van der Waals surface area (Å²) in [5, 5.41) is 5.32. The highest BCUT2D eigenvalue weighted by molar-refractivity contribution is 7.89. The molecule has 0 unspecified atom stereocenters. The Morgan fingerprint density at radius 3 is 2.25 bits per heavy atom. The largest absolute Gasteiger partial charge is 0.348 e. The van der Waals surface area contributed by atoms with Crippen molar-refractivity contribution in [3.8, 4) is 0 Å². The van der Waals surface area contributed by atoms with E-state index in [1.165, 1.54) is 47.9 Å². The van der Waals surface area contributed by atoms with Gasteiger partial charge in [-0.05, 0) is 67.8 Å². The molecule has 2 amide bonds. The van der Waals surface area contributed by atoms with Gasteiger partial charge in [0.25, 0.3) is 11.8 Å². The van der Waals surface area contributed by atoms with Gasteiger partial charge in [-0.15, -0.1) is 0 Å². The van der Waals surface area contributed by atoms with Gasteiger partial charge >= 0.3 is 0 Å². The van der Waals surface area contributed by atoms with Crippen molar-refractivity contribution in [2.24, 2.45) is 0 Å². The molecule has 9 nitrogen and oxygen atoms in total. The minimum Gasteiger partial charge on any atom is -0.348 e. The Morgan fingerprint density at radius 2 is 1.58 bits per heavy atom. The Kier molecular flexibility index (Phi) is 7.36. The van der Waals surface area contributed by atoms with E-state index in [1.807, 2.05) is 0 Å². The number of rotatable bonds is 6. The molecule has 2 N–H and O–H groups in total. The fourth-order valence-electron chi connectivity index (χ4n) is 3.91. The van der Waals surface area contributed by atoms with Crippen LogP contribution in [0.4, 0.5) is 14.6 Å². The van der Waals surface area contributed by atoms with Crippen LogP contribution in [0.15, 0.2) is 59.8 Å². The smallest absolute Gasteiger partial charge is 0.273 e. The van der Waals surface area contributed by atoms with Crippen molar-refractivity contribution in [1.29, 1.82) is 0 Å². The number of nitrogens with zero attached hydrogens (tertiary/aromatic N) is 3. The second-order valence-electron chi connectivity index (χ2n) is 8.28. The first kappa shape index (κ1) is 25.3. The summed E-state index contributed by atoms with van der Waals surface area (Å²) in [7, 11) is -3.80. The van der Waals surface area contributed by atoms with E-state index >= 15 is 0 Å². The minimum atomic E-state index is -3.80. The second-order valence-corrected chi connectivity index (χ2v) is 10.2. The lowest BCUT2D eigenvalue weighted by molar-refractivity contribution is 0.0919. The number of anilines is 1. The highest BCUT2D eigenvalue weighted by atomic mass is 32.2. The lowest BCUT2D eigenvalue weighted by Gasteiger charge is -2.32. The summed E-state index contributed by atoms with van der Waals surface area (Å²) in [6.07, 6.45) is 3.33. The van der Waals surface area contributed by atoms with E-state index in [1.54, 1.807) is 0 Å². The zero-order valence-electron chi connectivity index (χ0n) is 19.2. The van der Waals surface area contributed by atoms with Crippen molar-refractivity contribution in [1.82, 2.24) is 19.6 Å². The Labute approximate surface area is 206 Å². The summed E-state index contributed by atoms with van der Waals surface area (Å²) >= 11 is 0. The first-order valence-electron chi connectivity index (χ1n) is 11.1. The van der Waals surface area contributed by atoms with Gasteiger partial charge in [-0.2, -0.15) is 4.31 Å². The number of nitrogens with one attached hydrogen (secondary N) is 2. The molecule has 0 saturated carbocycles. The van der Waals surface area contributed by atoms with Gasteiger partial charge in [0.1, 0.15) is 11.6 Å². The summed E-state index contributed by atoms with van der Waals surface area (Å²) in [5.74, 6) is -2.22. The molecule has 4 rings (SSSR count). The van der Waals surface area contributed by atoms with E-state index in [0.29, 0.717) is 18.4 Å². The van der Waals surface area contributed by atoms with Gasteiger partial charge < -0.3 is 10.6 Å². The second kappa shape index (κ2) is 10.5. The maximum absolute atomic E-state index is 13.4. The topological polar surface area (TPSA) is 121 Å². The average molecular weight is 516 g/mol. The van der Waals surface area contributed by atoms with E-state index < -0.39 is 33.5 Å². The summed E-state index contributed by atoms with van der Waals surface area (Å²) < 4.78 is 53.8. The van der Waals surface area contributed by atoms with E-state index in [-0.39, 0.29) is 41.1 Å². The molecule has 1 aliphatic heterocycles. The third kappa shape index (κ3) is 5.55. The molecular weight excluding hydrogens is 492 g/mol. The number of aromatic nitrogens is 2. The third-order valence-corrected chi connectivity index (χ3v) is 7.85. The highest BCUT2D eigenvalue weighted by Crippen LogP contribution is 2.24. The molecule has 3 aromatic rings. The van der Waals surface area contributed by atoms with Crippen molar-refractivity contribution in [3.63, 3.8) is 0 Å². The van der Waals surface area contributed by atoms with Crippen LogP contribution in [0.25, 0.3) is 0 Å². The third-order valence-electron chi connectivity index (χ3n) is 5.80. The molecule has 1 aromatic heterocycles. The molecule has 2 aromatic carbocycles. The molecule has 0 radical (unpaired) electrons. The molecule has 0 bridgehead atoms. The van der Waals surface area contributed by atoms with Crippen LogP contribution in [0.2, 0.25) is 0 Å². The first-order chi connectivity index (χ1) is 17.1. The predicted molar refractivity (Wildman–Crippen MR) is 127 cm³/mol. The van der Waals surface area contributed by atoms with Crippen molar-refractivity contribution < 1.29 is 26.8 Å². The van der Waals surface area contributed by atoms with Crippen LogP contribution in [0.3, 0.4) is 0 Å². The molecule has 188 valence electrons. The fraction of sp³-hybridized carbons (Fsp3) is 0.250. The first-order valence-corrected chi connectivity index (χ1v) is 12.5. The Balaban J connectivity index is 1.39. The molecule has 0 spiro atoms. The van der Waals surface area contributed by atoms with Crippen LogP contribution < -0.4 is 10.6 Å². The number of hydrogen-bond donors (Lipinski definition) is 2. The summed E-state index contributed by atoms with van der Waals surface area (Å²) in [4.78, 5) is 33.5. The van der Waals surface area contributed by atoms with Crippen molar-refractivity contribution in [2.75, 3.05) is 18.4 Å². The minimum absolute atomic E-state index is 0.0486. The standard InChI is InChI=1S/C24H23F2N5O4S/c1-15-14-18(26)6-7-20(15)36(34,35)31-12-8-19(9-13-31)29-24(33)21-22(28-11-10-27-21)30-23(32)16-2-4-17(25)5-3-16/h2-7,10-11,14,19H,8-9,12-13H2,1H3,(H,29,33)(H,28,30,32). The zero-order chi connectivity index (χ0) is 25.9. The zero-order valence-corrected chi connectivity index (χ0v) is 20.1. The van der Waals surface area contributed by atoms with Gasteiger partial charge in [0, 0.05) is 37.1 Å². The Hall–Kier alpha value is -3.77. The number of carbonyl (C=O) groups is 2. The van der Waals surface area contributed by atoms with Gasteiger partial charge in [-0.1, -0.05) is 0 Å². The molecule has 36 heavy (non-hydrogen) atoms. The van der Waals surface area contributed by atoms with Gasteiger partial charge in [0.2, 0.25) is 10.0 Å². The number of halogens is 2. The lowest BCUT2D eigenvalue weighted by Crippen LogP contribution is -2.46. The predicted octanol–water partition coefficient (Wildman–Crippen LogP) is 2.90. The number of hydrogen-bond acceptors (Lipinski definition) is 6. The monoisotopic (exact) mass is 515 g/mol. The van der Waals surface area contributed by atoms with Gasteiger partial charge in [0.05, 0.1) is 4.90 Å². The SMILES string of the molecule is Cc1cc(F)ccc1S(=O)(=O)N1CCC(NC(=O)c2nccnc2NC(=O)c2ccc(F)cc2)CC1. The molecule has 0 atom stereocenters. The number of piperidine rings is 1. The van der Waals surface area contributed by atoms with Crippen LogP contribution in [-0.4, -0.2) is 53.6 Å². The van der Waals surface area contributed by atoms with E-state index in [0.717, 1.165) is 18.2 Å². The van der Waals surface area contributed by atoms with Gasteiger partial charge in [-0.25, -0.2) is 27.2 Å². The number of carbonyl (C=O) groups excluding carboxylic acids is 2. The molecule has 2 heterocycles. The number of benzene rings is 2. The average Bonchev–Trinajstić information content (AvgIpc) is 2.85. The molecule has 1 aliphatic rings. The van der Waals surface area contributed by atoms with E-state index in [9.17, 15) is 26.8 Å². The van der Waals surface area contributed by atoms with Gasteiger partial charge in [0.15, 0.2) is 11.5 Å². The quantitative estimate of drug-likeness (QED) is 0.521. The van der Waals surface area contributed by atoms with Crippen molar-refractivity contribution in [2.45, 2.75) is 30.7 Å². The molecule has 0 aliphatic carbocycles. The summed E-state index contributed by atoms with van der Waals surface area (Å²) in [6, 6.07) is 8.09. The normalized spacial score (nSPS) is 14.9. The Bertz CT molecular complexity index is 1390. The van der Waals surface area contributed by atoms with Crippen molar-refractivity contribution >= 4 is 27.7 Å². The Morgan fingerprint density at radius 1 is 0.944 bits per heavy atom. The fourth-order valence-corrected chi connectivity index (χ4v) is 5.59. The van der Waals surface area contributed by atoms with Crippen LogP contribution in [0, 0.1) is 18.6 Å². The number of sulfonamides is 1. The maximum atomic E-state index is 13.4. The van der Waals surface area contributed by atoms with Crippen LogP contribution in [-0.2, 0) is 10.0 Å². The molecule has 1 saturated heterocycles. The van der Waals surface area contributed by atoms with Crippen LogP contribution in [0.5, 0.6) is 0 Å². The molecule has 1 fully saturated rings. The summed E-state index contributed by atoms with van der Waals surface area (Å²) in [5.41, 5.74) is 0.395. The van der Waals surface area contributed by atoms with Crippen molar-refractivity contribution in [3.05, 3.63) is 83.3 Å². The number of aryl methyl sites for hydroxylation is 1. The molecule has 12 heteroatoms. The highest BCUT2D eigenvalue weighted by Gasteiger charge is 2.31. The van der Waals surface area contributed by atoms with E-state index in [2.05, 4.69) is 20.6 Å². The van der Waals surface area contributed by atoms with E-state index in [4.69, 9.17) is 0 Å². The van der Waals surface area contributed by atoms with Crippen LogP contribution in [0.1, 0.15) is 39.3 Å². The van der Waals surface area contributed by atoms with Crippen LogP contribution >= 0.6 is 0 Å². The number of amides is 2. The summed E-state index contributed by atoms with van der Waals surface area (Å²) in [6.45, 7) is 1.87. The molecular formula is C24H23F2N5O4S.